The molecule has 1 fully saturated rings. The molecule has 1 saturated heterocycles. The normalized spacial score (nSPS) is 15.3. The Balaban J connectivity index is 1.30. The summed E-state index contributed by atoms with van der Waals surface area (Å²) in [4.78, 5) is 29.6. The van der Waals surface area contributed by atoms with Crippen LogP contribution in [-0.4, -0.2) is 47.2 Å². The van der Waals surface area contributed by atoms with Crippen LogP contribution in [0.25, 0.3) is 0 Å². The zero-order chi connectivity index (χ0) is 23.6. The van der Waals surface area contributed by atoms with Crippen molar-refractivity contribution in [2.45, 2.75) is 24.8 Å². The summed E-state index contributed by atoms with van der Waals surface area (Å²) >= 11 is 1.36. The number of hydrogen-bond acceptors (Lipinski definition) is 6. The molecule has 2 N–H and O–H groups in total. The van der Waals surface area contributed by atoms with E-state index in [1.165, 1.54) is 21.8 Å². The Morgan fingerprint density at radius 2 is 1.70 bits per heavy atom. The van der Waals surface area contributed by atoms with E-state index in [1.54, 1.807) is 48.9 Å². The number of anilines is 2. The van der Waals surface area contributed by atoms with Gasteiger partial charge in [0, 0.05) is 43.6 Å². The highest BCUT2D eigenvalue weighted by atomic mass is 32.2. The SMILES string of the molecule is Cc1nc(S(=O)(=O)N2CCC(C(=O)Nc3ccc(NC(=O)c4cccs4)cc3)CC2)cn1C. The van der Waals surface area contributed by atoms with E-state index in [2.05, 4.69) is 15.6 Å². The molecule has 11 heteroatoms. The lowest BCUT2D eigenvalue weighted by molar-refractivity contribution is -0.120. The summed E-state index contributed by atoms with van der Waals surface area (Å²) in [6.07, 6.45) is 2.38. The summed E-state index contributed by atoms with van der Waals surface area (Å²) in [6.45, 7) is 2.28. The van der Waals surface area contributed by atoms with Gasteiger partial charge in [0.1, 0.15) is 5.82 Å². The summed E-state index contributed by atoms with van der Waals surface area (Å²) < 4.78 is 28.7. The standard InChI is InChI=1S/C22H25N5O4S2/c1-15-23-20(14-26(15)2)33(30,31)27-11-9-16(10-12-27)21(28)24-17-5-7-18(8-6-17)25-22(29)19-4-3-13-32-19/h3-8,13-14,16H,9-12H2,1-2H3,(H,24,28)(H,25,29). The van der Waals surface area contributed by atoms with Crippen molar-refractivity contribution in [1.29, 1.82) is 0 Å². The van der Waals surface area contributed by atoms with Crippen molar-refractivity contribution < 1.29 is 18.0 Å². The molecule has 9 nitrogen and oxygen atoms in total. The topological polar surface area (TPSA) is 113 Å². The van der Waals surface area contributed by atoms with Gasteiger partial charge in [-0.1, -0.05) is 6.07 Å². The van der Waals surface area contributed by atoms with Gasteiger partial charge in [-0.05, 0) is 55.5 Å². The molecule has 1 aliphatic rings. The summed E-state index contributed by atoms with van der Waals surface area (Å²) in [5.41, 5.74) is 1.25. The number of benzene rings is 1. The fourth-order valence-corrected chi connectivity index (χ4v) is 5.74. The van der Waals surface area contributed by atoms with Crippen LogP contribution >= 0.6 is 11.3 Å². The minimum atomic E-state index is -3.67. The number of amides is 2. The average molecular weight is 488 g/mol. The van der Waals surface area contributed by atoms with Crippen molar-refractivity contribution in [3.63, 3.8) is 0 Å². The number of nitrogens with zero attached hydrogens (tertiary/aromatic N) is 3. The van der Waals surface area contributed by atoms with Crippen LogP contribution in [0.5, 0.6) is 0 Å². The lowest BCUT2D eigenvalue weighted by atomic mass is 9.97. The maximum atomic E-state index is 12.8. The third-order valence-corrected chi connectivity index (χ3v) is 8.31. The number of aromatic nitrogens is 2. The highest BCUT2D eigenvalue weighted by Gasteiger charge is 2.33. The molecule has 1 aromatic carbocycles. The highest BCUT2D eigenvalue weighted by Crippen LogP contribution is 2.25. The van der Waals surface area contributed by atoms with Crippen LogP contribution in [0.3, 0.4) is 0 Å². The van der Waals surface area contributed by atoms with Crippen LogP contribution < -0.4 is 10.6 Å². The molecule has 0 aliphatic carbocycles. The van der Waals surface area contributed by atoms with Crippen LogP contribution in [0.4, 0.5) is 11.4 Å². The zero-order valence-corrected chi connectivity index (χ0v) is 19.9. The number of aryl methyl sites for hydroxylation is 2. The summed E-state index contributed by atoms with van der Waals surface area (Å²) in [5, 5.41) is 7.58. The fourth-order valence-electron chi connectivity index (χ4n) is 3.62. The first-order valence-corrected chi connectivity index (χ1v) is 12.8. The number of hydrogen-bond donors (Lipinski definition) is 2. The molecule has 0 atom stereocenters. The van der Waals surface area contributed by atoms with E-state index in [0.717, 1.165) is 0 Å². The molecule has 174 valence electrons. The molecular weight excluding hydrogens is 462 g/mol. The second kappa shape index (κ2) is 9.46. The van der Waals surface area contributed by atoms with E-state index in [0.29, 0.717) is 34.9 Å². The molecule has 2 amide bonds. The molecule has 33 heavy (non-hydrogen) atoms. The van der Waals surface area contributed by atoms with Crippen molar-refractivity contribution in [3.05, 3.63) is 58.7 Å². The van der Waals surface area contributed by atoms with Gasteiger partial charge in [0.05, 0.1) is 4.88 Å². The van der Waals surface area contributed by atoms with Gasteiger partial charge in [-0.15, -0.1) is 11.3 Å². The van der Waals surface area contributed by atoms with E-state index < -0.39 is 10.0 Å². The van der Waals surface area contributed by atoms with E-state index in [-0.39, 0.29) is 35.8 Å². The molecule has 0 radical (unpaired) electrons. The van der Waals surface area contributed by atoms with E-state index >= 15 is 0 Å². The van der Waals surface area contributed by atoms with Crippen LogP contribution in [0.2, 0.25) is 0 Å². The summed E-state index contributed by atoms with van der Waals surface area (Å²) in [7, 11) is -1.91. The Bertz CT molecular complexity index is 1220. The van der Waals surface area contributed by atoms with Crippen LogP contribution in [-0.2, 0) is 21.9 Å². The van der Waals surface area contributed by atoms with Crippen molar-refractivity contribution in [3.8, 4) is 0 Å². The van der Waals surface area contributed by atoms with Crippen molar-refractivity contribution in [2.24, 2.45) is 13.0 Å². The third-order valence-electron chi connectivity index (χ3n) is 5.67. The Morgan fingerprint density at radius 3 is 2.24 bits per heavy atom. The minimum Gasteiger partial charge on any atom is -0.337 e. The van der Waals surface area contributed by atoms with Crippen molar-refractivity contribution in [1.82, 2.24) is 13.9 Å². The highest BCUT2D eigenvalue weighted by molar-refractivity contribution is 7.89. The number of rotatable bonds is 6. The number of thiophene rings is 1. The van der Waals surface area contributed by atoms with Gasteiger partial charge in [-0.2, -0.15) is 4.31 Å². The first-order valence-electron chi connectivity index (χ1n) is 10.5. The second-order valence-corrected chi connectivity index (χ2v) is 10.7. The molecule has 0 spiro atoms. The fraction of sp³-hybridized carbons (Fsp3) is 0.318. The number of piperidine rings is 1. The van der Waals surface area contributed by atoms with E-state index in [9.17, 15) is 18.0 Å². The van der Waals surface area contributed by atoms with Gasteiger partial charge in [0.15, 0.2) is 5.03 Å². The molecule has 0 saturated carbocycles. The Kier molecular flexibility index (Phi) is 6.63. The minimum absolute atomic E-state index is 0.0386. The number of sulfonamides is 1. The summed E-state index contributed by atoms with van der Waals surface area (Å²) in [6, 6.07) is 10.5. The Labute approximate surface area is 196 Å². The monoisotopic (exact) mass is 487 g/mol. The van der Waals surface area contributed by atoms with Crippen molar-refractivity contribution >= 4 is 44.5 Å². The molecule has 1 aliphatic heterocycles. The number of carbonyl (C=O) groups is 2. The molecule has 0 bridgehead atoms. The first kappa shape index (κ1) is 23.1. The van der Waals surface area contributed by atoms with Gasteiger partial charge in [0.2, 0.25) is 5.91 Å². The largest absolute Gasteiger partial charge is 0.337 e. The predicted octanol–water partition coefficient (Wildman–Crippen LogP) is 3.08. The van der Waals surface area contributed by atoms with Gasteiger partial charge in [-0.25, -0.2) is 13.4 Å². The molecular formula is C22H25N5O4S2. The molecule has 3 heterocycles. The van der Waals surface area contributed by atoms with E-state index in [1.807, 2.05) is 11.4 Å². The predicted molar refractivity (Wildman–Crippen MR) is 127 cm³/mol. The number of imidazole rings is 1. The average Bonchev–Trinajstić information content (AvgIpc) is 3.46. The first-order chi connectivity index (χ1) is 15.7. The number of carbonyl (C=O) groups excluding carboxylic acids is 2. The zero-order valence-electron chi connectivity index (χ0n) is 18.3. The lowest BCUT2D eigenvalue weighted by Crippen LogP contribution is -2.41. The van der Waals surface area contributed by atoms with Gasteiger partial charge in [-0.3, -0.25) is 9.59 Å². The quantitative estimate of drug-likeness (QED) is 0.555. The maximum Gasteiger partial charge on any atom is 0.265 e. The Hall–Kier alpha value is -3.02. The van der Waals surface area contributed by atoms with Crippen LogP contribution in [0.15, 0.2) is 53.0 Å². The Morgan fingerprint density at radius 1 is 1.06 bits per heavy atom. The lowest BCUT2D eigenvalue weighted by Gasteiger charge is -2.29. The van der Waals surface area contributed by atoms with Crippen molar-refractivity contribution in [2.75, 3.05) is 23.7 Å². The van der Waals surface area contributed by atoms with Gasteiger partial charge < -0.3 is 15.2 Å². The number of nitrogens with one attached hydrogen (secondary N) is 2. The van der Waals surface area contributed by atoms with Crippen LogP contribution in [0.1, 0.15) is 28.3 Å². The second-order valence-electron chi connectivity index (χ2n) is 7.91. The maximum absolute atomic E-state index is 12.8. The molecule has 4 rings (SSSR count). The molecule has 0 unspecified atom stereocenters. The molecule has 3 aromatic rings. The van der Waals surface area contributed by atoms with Gasteiger partial charge >= 0.3 is 0 Å². The summed E-state index contributed by atoms with van der Waals surface area (Å²) in [5.74, 6) is 0.0283. The molecule has 2 aromatic heterocycles. The smallest absolute Gasteiger partial charge is 0.265 e. The van der Waals surface area contributed by atoms with Crippen LogP contribution in [0, 0.1) is 12.8 Å². The van der Waals surface area contributed by atoms with Gasteiger partial charge in [0.25, 0.3) is 15.9 Å². The third kappa shape index (κ3) is 5.15. The van der Waals surface area contributed by atoms with E-state index in [4.69, 9.17) is 0 Å².